The van der Waals surface area contributed by atoms with E-state index in [0.29, 0.717) is 0 Å². The van der Waals surface area contributed by atoms with Crippen LogP contribution in [-0.4, -0.2) is 54.2 Å². The summed E-state index contributed by atoms with van der Waals surface area (Å²) in [6.07, 6.45) is 0.776. The van der Waals surface area contributed by atoms with Gasteiger partial charge in [-0.1, -0.05) is 0 Å². The number of carbonyl (C=O) groups is 1. The summed E-state index contributed by atoms with van der Waals surface area (Å²) in [6, 6.07) is -0.610. The normalized spacial score (nSPS) is 26.9. The van der Waals surface area contributed by atoms with Crippen molar-refractivity contribution in [3.63, 3.8) is 0 Å². The molecule has 0 aromatic carbocycles. The summed E-state index contributed by atoms with van der Waals surface area (Å²) < 4.78 is 15.3. The van der Waals surface area contributed by atoms with Crippen LogP contribution in [0.1, 0.15) is 6.42 Å². The Morgan fingerprint density at radius 1 is 1.33 bits per heavy atom. The first kappa shape index (κ1) is 12.8. The maximum Gasteiger partial charge on any atom is 0.575 e. The molecule has 1 saturated heterocycles. The molecule has 1 fully saturated rings. The van der Waals surface area contributed by atoms with E-state index in [2.05, 4.69) is 5.32 Å². The lowest BCUT2D eigenvalue weighted by atomic mass is 10.2. The van der Waals surface area contributed by atoms with Crippen molar-refractivity contribution in [2.75, 3.05) is 27.9 Å². The van der Waals surface area contributed by atoms with Crippen molar-refractivity contribution < 1.29 is 18.1 Å². The standard InChI is InChI=1S/C8H18N2O4Si/c1-12-15(13-2,14-3)8(11)7-6(9)4-5-10-7/h6-7,10H,4-5,9H2,1-3H3/t6?,7-/m0/s1. The number of nitrogens with one attached hydrogen (secondary N) is 1. The van der Waals surface area contributed by atoms with Crippen LogP contribution in [0.15, 0.2) is 0 Å². The van der Waals surface area contributed by atoms with Gasteiger partial charge in [0.05, 0.1) is 6.04 Å². The lowest BCUT2D eigenvalue weighted by Crippen LogP contribution is -2.61. The summed E-state index contributed by atoms with van der Waals surface area (Å²) >= 11 is 0. The molecule has 0 amide bonds. The number of hydrogen-bond donors (Lipinski definition) is 2. The van der Waals surface area contributed by atoms with Crippen LogP contribution in [0, 0.1) is 0 Å². The molecule has 88 valence electrons. The van der Waals surface area contributed by atoms with Gasteiger partial charge in [0, 0.05) is 27.4 Å². The summed E-state index contributed by atoms with van der Waals surface area (Å²) in [5.74, 6) is 0. The van der Waals surface area contributed by atoms with Crippen LogP contribution < -0.4 is 11.1 Å². The number of rotatable bonds is 5. The molecule has 1 unspecified atom stereocenters. The molecule has 1 heterocycles. The van der Waals surface area contributed by atoms with E-state index in [1.165, 1.54) is 21.3 Å². The molecule has 0 saturated carbocycles. The fourth-order valence-corrected chi connectivity index (χ4v) is 3.55. The lowest BCUT2D eigenvalue weighted by Gasteiger charge is -2.26. The molecule has 0 aliphatic carbocycles. The highest BCUT2D eigenvalue weighted by molar-refractivity contribution is 6.93. The monoisotopic (exact) mass is 234 g/mol. The molecule has 6 nitrogen and oxygen atoms in total. The van der Waals surface area contributed by atoms with Crippen molar-refractivity contribution in [2.24, 2.45) is 5.73 Å². The zero-order valence-corrected chi connectivity index (χ0v) is 10.3. The van der Waals surface area contributed by atoms with Crippen molar-refractivity contribution >= 4 is 14.2 Å². The Labute approximate surface area is 90.4 Å². The second-order valence-corrected chi connectivity index (χ2v) is 6.25. The van der Waals surface area contributed by atoms with Gasteiger partial charge in [0.15, 0.2) is 0 Å². The summed E-state index contributed by atoms with van der Waals surface area (Å²) in [6.45, 7) is 0.735. The highest BCUT2D eigenvalue weighted by Gasteiger charge is 2.53. The van der Waals surface area contributed by atoms with Crippen molar-refractivity contribution in [1.29, 1.82) is 0 Å². The van der Waals surface area contributed by atoms with Gasteiger partial charge in [-0.15, -0.1) is 0 Å². The van der Waals surface area contributed by atoms with Crippen molar-refractivity contribution in [1.82, 2.24) is 5.32 Å². The second-order valence-electron chi connectivity index (χ2n) is 3.42. The number of nitrogens with two attached hydrogens (primary N) is 1. The molecule has 7 heteroatoms. The number of carbonyl (C=O) groups excluding carboxylic acids is 1. The van der Waals surface area contributed by atoms with Gasteiger partial charge < -0.3 is 24.3 Å². The fraction of sp³-hybridized carbons (Fsp3) is 0.875. The van der Waals surface area contributed by atoms with E-state index in [1.807, 2.05) is 0 Å². The third-order valence-electron chi connectivity index (χ3n) is 2.66. The Morgan fingerprint density at radius 2 is 1.87 bits per heavy atom. The van der Waals surface area contributed by atoms with Gasteiger partial charge in [-0.3, -0.25) is 4.79 Å². The Kier molecular flexibility index (Phi) is 4.38. The van der Waals surface area contributed by atoms with E-state index in [1.54, 1.807) is 0 Å². The summed E-state index contributed by atoms with van der Waals surface area (Å²) in [5, 5.41) is 2.84. The Hall–Kier alpha value is -0.313. The molecule has 3 N–H and O–H groups in total. The molecule has 0 radical (unpaired) electrons. The second kappa shape index (κ2) is 5.15. The Morgan fingerprint density at radius 3 is 2.20 bits per heavy atom. The van der Waals surface area contributed by atoms with Crippen molar-refractivity contribution in [2.45, 2.75) is 18.5 Å². The van der Waals surface area contributed by atoms with Crippen LogP contribution in [0.25, 0.3) is 0 Å². The molecule has 1 aliphatic rings. The largest absolute Gasteiger partial charge is 0.575 e. The first-order chi connectivity index (χ1) is 7.11. The SMILES string of the molecule is CO[Si](OC)(OC)C(=O)[C@H]1NCCC1N. The Balaban J connectivity index is 2.80. The average Bonchev–Trinajstić information content (AvgIpc) is 2.67. The zero-order valence-electron chi connectivity index (χ0n) is 9.28. The van der Waals surface area contributed by atoms with Gasteiger partial charge in [0.25, 0.3) is 0 Å². The third-order valence-corrected chi connectivity index (χ3v) is 5.19. The van der Waals surface area contributed by atoms with E-state index in [4.69, 9.17) is 19.0 Å². The van der Waals surface area contributed by atoms with Crippen LogP contribution in [0.2, 0.25) is 0 Å². The molecule has 0 bridgehead atoms. The first-order valence-corrected chi connectivity index (χ1v) is 6.52. The minimum Gasteiger partial charge on any atom is -0.372 e. The van der Waals surface area contributed by atoms with Crippen LogP contribution in [0.4, 0.5) is 0 Å². The summed E-state index contributed by atoms with van der Waals surface area (Å²) in [4.78, 5) is 12.1. The molecule has 0 aromatic heterocycles. The van der Waals surface area contributed by atoms with Crippen molar-refractivity contribution in [3.05, 3.63) is 0 Å². The predicted octanol–water partition coefficient (Wildman–Crippen LogP) is -1.34. The zero-order chi connectivity index (χ0) is 11.5. The predicted molar refractivity (Wildman–Crippen MR) is 56.2 cm³/mol. The van der Waals surface area contributed by atoms with Gasteiger partial charge in [0.1, 0.15) is 0 Å². The summed E-state index contributed by atoms with van der Waals surface area (Å²) in [7, 11) is 1.03. The quantitative estimate of drug-likeness (QED) is 0.573. The highest BCUT2D eigenvalue weighted by atomic mass is 28.4. The number of hydrogen-bond acceptors (Lipinski definition) is 6. The fourth-order valence-electron chi connectivity index (χ4n) is 1.75. The molecule has 1 rings (SSSR count). The topological polar surface area (TPSA) is 82.8 Å². The third kappa shape index (κ3) is 2.27. The minimum absolute atomic E-state index is 0.190. The van der Waals surface area contributed by atoms with E-state index in [9.17, 15) is 4.79 Å². The van der Waals surface area contributed by atoms with Crippen LogP contribution in [0.3, 0.4) is 0 Å². The smallest absolute Gasteiger partial charge is 0.372 e. The Bertz CT molecular complexity index is 226. The van der Waals surface area contributed by atoms with Crippen LogP contribution in [-0.2, 0) is 18.1 Å². The van der Waals surface area contributed by atoms with E-state index >= 15 is 0 Å². The molecule has 1 aliphatic heterocycles. The van der Waals surface area contributed by atoms with Gasteiger partial charge in [-0.25, -0.2) is 0 Å². The maximum atomic E-state index is 12.1. The molecule has 2 atom stereocenters. The summed E-state index contributed by atoms with van der Waals surface area (Å²) in [5.41, 5.74) is 5.81. The molecule has 0 spiro atoms. The van der Waals surface area contributed by atoms with E-state index < -0.39 is 14.8 Å². The molecule has 15 heavy (non-hydrogen) atoms. The molecule has 0 aromatic rings. The van der Waals surface area contributed by atoms with Gasteiger partial charge in [-0.2, -0.15) is 0 Å². The van der Waals surface area contributed by atoms with Crippen molar-refractivity contribution in [3.8, 4) is 0 Å². The minimum atomic E-state index is -3.21. The van der Waals surface area contributed by atoms with Gasteiger partial charge >= 0.3 is 8.80 Å². The first-order valence-electron chi connectivity index (χ1n) is 4.80. The maximum absolute atomic E-state index is 12.1. The van der Waals surface area contributed by atoms with E-state index in [-0.39, 0.29) is 11.4 Å². The van der Waals surface area contributed by atoms with Gasteiger partial charge in [-0.05, 0) is 13.0 Å². The van der Waals surface area contributed by atoms with Gasteiger partial charge in [0.2, 0.25) is 5.41 Å². The lowest BCUT2D eigenvalue weighted by molar-refractivity contribution is -0.120. The average molecular weight is 234 g/mol. The molecular formula is C8H18N2O4Si. The van der Waals surface area contributed by atoms with Crippen LogP contribution in [0.5, 0.6) is 0 Å². The van der Waals surface area contributed by atoms with Crippen LogP contribution >= 0.6 is 0 Å². The molecular weight excluding hydrogens is 216 g/mol. The van der Waals surface area contributed by atoms with E-state index in [0.717, 1.165) is 13.0 Å². The highest BCUT2D eigenvalue weighted by Crippen LogP contribution is 2.15.